The summed E-state index contributed by atoms with van der Waals surface area (Å²) in [5.41, 5.74) is 8.51. The van der Waals surface area contributed by atoms with Crippen molar-refractivity contribution in [3.63, 3.8) is 0 Å². The summed E-state index contributed by atoms with van der Waals surface area (Å²) in [7, 11) is 1.30. The van der Waals surface area contributed by atoms with E-state index in [0.717, 1.165) is 58.4 Å². The quantitative estimate of drug-likeness (QED) is 0.137. The van der Waals surface area contributed by atoms with Gasteiger partial charge in [-0.15, -0.1) is 0 Å². The average molecular weight is 827 g/mol. The SMILES string of the molecule is COC(=O)N[C@H](C(=O)N1C[C@@H](SC)C[C@H]1C1=NC=C(c2ccc(-c3ccc(-c4nc([C@@H]5CCCN5C(=O)[C@H](C)c5ccccc5)[nH]c4Cl)cc3)cc2)C1)c1ccccc1. The summed E-state index contributed by atoms with van der Waals surface area (Å²) >= 11 is 8.50. The van der Waals surface area contributed by atoms with Crippen LogP contribution in [0.15, 0.2) is 120 Å². The zero-order valence-corrected chi connectivity index (χ0v) is 34.9. The number of imidazole rings is 1. The lowest BCUT2D eigenvalue weighted by Gasteiger charge is -2.29. The first kappa shape index (κ1) is 40.1. The second-order valence-corrected chi connectivity index (χ2v) is 16.8. The monoisotopic (exact) mass is 826 g/mol. The van der Waals surface area contributed by atoms with Gasteiger partial charge in [-0.2, -0.15) is 11.8 Å². The Morgan fingerprint density at radius 1 is 0.831 bits per heavy atom. The van der Waals surface area contributed by atoms with E-state index in [9.17, 15) is 14.4 Å². The lowest BCUT2D eigenvalue weighted by atomic mass is 9.96. The van der Waals surface area contributed by atoms with Crippen molar-refractivity contribution in [1.82, 2.24) is 25.1 Å². The molecule has 3 aliphatic heterocycles. The van der Waals surface area contributed by atoms with Gasteiger partial charge in [0.05, 0.1) is 25.1 Å². The largest absolute Gasteiger partial charge is 0.453 e. The van der Waals surface area contributed by atoms with Crippen LogP contribution in [0.25, 0.3) is 28.0 Å². The number of amides is 3. The maximum absolute atomic E-state index is 14.2. The standard InChI is InChI=1S/C47H47ClN6O4S/c1-29(30-11-6-4-7-12-30)45(55)53-24-10-15-39(53)44-50-41(43(48)52-44)35-22-20-32(21-23-35)31-16-18-33(19-17-31)36-25-38(49-27-36)40-26-37(59-3)28-54(40)46(56)42(51-47(57)58-2)34-13-8-5-9-14-34/h4-9,11-14,16-23,27,29,37,39-40,42H,10,15,24-26,28H2,1-3H3,(H,50,52)(H,51,57)/t29-,37+,39+,40+,42+/m1/s1. The third-order valence-corrected chi connectivity index (χ3v) is 13.1. The van der Waals surface area contributed by atoms with Crippen molar-refractivity contribution < 1.29 is 19.1 Å². The first-order valence-corrected chi connectivity index (χ1v) is 21.7. The summed E-state index contributed by atoms with van der Waals surface area (Å²) in [6, 6.07) is 34.6. The molecule has 3 aliphatic rings. The van der Waals surface area contributed by atoms with E-state index in [-0.39, 0.29) is 35.1 Å². The first-order chi connectivity index (χ1) is 28.7. The molecule has 2 saturated heterocycles. The molecule has 12 heteroatoms. The van der Waals surface area contributed by atoms with Crippen molar-refractivity contribution in [3.05, 3.63) is 143 Å². The Kier molecular flexibility index (Phi) is 12.0. The molecule has 2 fully saturated rings. The number of hydrogen-bond acceptors (Lipinski definition) is 7. The van der Waals surface area contributed by atoms with Crippen LogP contribution in [0.1, 0.15) is 73.1 Å². The zero-order valence-electron chi connectivity index (χ0n) is 33.3. The molecule has 302 valence electrons. The molecule has 0 radical (unpaired) electrons. The third-order valence-electron chi connectivity index (χ3n) is 11.8. The fourth-order valence-electron chi connectivity index (χ4n) is 8.49. The highest BCUT2D eigenvalue weighted by Crippen LogP contribution is 2.38. The van der Waals surface area contributed by atoms with Crippen LogP contribution in [0.5, 0.6) is 0 Å². The summed E-state index contributed by atoms with van der Waals surface area (Å²) in [6.45, 7) is 3.23. The average Bonchev–Trinajstić information content (AvgIpc) is 4.12. The lowest BCUT2D eigenvalue weighted by Crippen LogP contribution is -2.47. The first-order valence-electron chi connectivity index (χ1n) is 20.0. The fourth-order valence-corrected chi connectivity index (χ4v) is 9.43. The van der Waals surface area contributed by atoms with Crippen LogP contribution in [0.3, 0.4) is 0 Å². The summed E-state index contributed by atoms with van der Waals surface area (Å²) in [4.78, 5) is 57.0. The number of rotatable bonds is 11. The van der Waals surface area contributed by atoms with Crippen molar-refractivity contribution in [2.75, 3.05) is 26.5 Å². The minimum absolute atomic E-state index is 0.0978. The molecule has 0 unspecified atom stereocenters. The number of halogens is 1. The molecule has 8 rings (SSSR count). The second-order valence-electron chi connectivity index (χ2n) is 15.3. The number of aromatic nitrogens is 2. The van der Waals surface area contributed by atoms with Gasteiger partial charge in [0, 0.05) is 42.2 Å². The summed E-state index contributed by atoms with van der Waals surface area (Å²) in [5, 5.41) is 3.47. The van der Waals surface area contributed by atoms with Crippen molar-refractivity contribution >= 4 is 52.6 Å². The number of nitrogens with one attached hydrogen (secondary N) is 2. The van der Waals surface area contributed by atoms with Gasteiger partial charge in [0.25, 0.3) is 5.91 Å². The van der Waals surface area contributed by atoms with E-state index >= 15 is 0 Å². The Bertz CT molecular complexity index is 2370. The number of methoxy groups -OCH3 is 1. The minimum atomic E-state index is -0.870. The Balaban J connectivity index is 0.923. The molecule has 0 spiro atoms. The molecular weight excluding hydrogens is 780 g/mol. The van der Waals surface area contributed by atoms with E-state index in [1.165, 1.54) is 7.11 Å². The highest BCUT2D eigenvalue weighted by Gasteiger charge is 2.42. The molecule has 5 atom stereocenters. The van der Waals surface area contributed by atoms with E-state index in [4.69, 9.17) is 26.3 Å². The number of benzene rings is 4. The van der Waals surface area contributed by atoms with Gasteiger partial charge >= 0.3 is 6.09 Å². The second kappa shape index (κ2) is 17.7. The number of carbonyl (C=O) groups is 3. The van der Waals surface area contributed by atoms with Crippen LogP contribution in [0, 0.1) is 0 Å². The van der Waals surface area contributed by atoms with E-state index in [2.05, 4.69) is 53.0 Å². The van der Waals surface area contributed by atoms with Crippen molar-refractivity contribution in [1.29, 1.82) is 0 Å². The fraction of sp³-hybridized carbons (Fsp3) is 0.298. The Morgan fingerprint density at radius 2 is 1.46 bits per heavy atom. The highest BCUT2D eigenvalue weighted by molar-refractivity contribution is 7.99. The Hall–Kier alpha value is -5.65. The third kappa shape index (κ3) is 8.45. The number of carbonyl (C=O) groups excluding carboxylic acids is 3. The van der Waals surface area contributed by atoms with Gasteiger partial charge in [-0.05, 0) is 65.8 Å². The number of ether oxygens (including phenoxy) is 1. The number of nitrogens with zero attached hydrogens (tertiary/aromatic N) is 4. The molecule has 5 aromatic rings. The maximum atomic E-state index is 14.2. The van der Waals surface area contributed by atoms with E-state index in [1.807, 2.05) is 95.7 Å². The van der Waals surface area contributed by atoms with Gasteiger partial charge in [0.1, 0.15) is 22.7 Å². The van der Waals surface area contributed by atoms with Gasteiger partial charge in [0.2, 0.25) is 5.91 Å². The predicted molar refractivity (Wildman–Crippen MR) is 235 cm³/mol. The van der Waals surface area contributed by atoms with E-state index < -0.39 is 12.1 Å². The molecule has 0 saturated carbocycles. The minimum Gasteiger partial charge on any atom is -0.453 e. The number of allylic oxidation sites excluding steroid dienone is 1. The van der Waals surface area contributed by atoms with Crippen LogP contribution in [-0.4, -0.2) is 81.1 Å². The number of alkyl carbamates (subject to hydrolysis) is 1. The van der Waals surface area contributed by atoms with Crippen LogP contribution in [0.4, 0.5) is 4.79 Å². The zero-order chi connectivity index (χ0) is 41.0. The molecule has 59 heavy (non-hydrogen) atoms. The lowest BCUT2D eigenvalue weighted by molar-refractivity contribution is -0.134. The van der Waals surface area contributed by atoms with Gasteiger partial charge in [-0.25, -0.2) is 9.78 Å². The van der Waals surface area contributed by atoms with Crippen LogP contribution < -0.4 is 5.32 Å². The summed E-state index contributed by atoms with van der Waals surface area (Å²) in [6.07, 6.45) is 6.50. The smallest absolute Gasteiger partial charge is 0.407 e. The molecule has 0 bridgehead atoms. The molecule has 1 aromatic heterocycles. The number of thioether (sulfide) groups is 1. The molecule has 4 heterocycles. The summed E-state index contributed by atoms with van der Waals surface area (Å²) < 4.78 is 4.88. The van der Waals surface area contributed by atoms with E-state index in [1.54, 1.807) is 11.8 Å². The number of aliphatic imine (C=N–C) groups is 1. The number of H-pyrrole nitrogens is 1. The molecule has 4 aromatic carbocycles. The molecule has 2 N–H and O–H groups in total. The van der Waals surface area contributed by atoms with Crippen molar-refractivity contribution in [3.8, 4) is 22.4 Å². The molecule has 0 aliphatic carbocycles. The Labute approximate surface area is 354 Å². The van der Waals surface area contributed by atoms with Crippen molar-refractivity contribution in [2.24, 2.45) is 4.99 Å². The van der Waals surface area contributed by atoms with Crippen molar-refractivity contribution in [2.45, 2.75) is 61.9 Å². The maximum Gasteiger partial charge on any atom is 0.407 e. The van der Waals surface area contributed by atoms with Crippen LogP contribution >= 0.6 is 23.4 Å². The molecule has 10 nitrogen and oxygen atoms in total. The van der Waals surface area contributed by atoms with Gasteiger partial charge in [0.15, 0.2) is 0 Å². The molecular formula is C47H47ClN6O4S. The van der Waals surface area contributed by atoms with Crippen LogP contribution in [-0.2, 0) is 14.3 Å². The van der Waals surface area contributed by atoms with E-state index in [0.29, 0.717) is 41.7 Å². The van der Waals surface area contributed by atoms with Gasteiger partial charge < -0.3 is 24.8 Å². The van der Waals surface area contributed by atoms with Gasteiger partial charge in [-0.1, -0.05) is 121 Å². The van der Waals surface area contributed by atoms with Crippen LogP contribution in [0.2, 0.25) is 5.15 Å². The topological polar surface area (TPSA) is 120 Å². The summed E-state index contributed by atoms with van der Waals surface area (Å²) in [5.74, 6) is 0.397. The highest BCUT2D eigenvalue weighted by atomic mass is 35.5. The Morgan fingerprint density at radius 3 is 2.10 bits per heavy atom. The van der Waals surface area contributed by atoms with Gasteiger partial charge in [-0.3, -0.25) is 14.6 Å². The number of hydrogen-bond donors (Lipinski definition) is 2. The molecule has 3 amide bonds. The number of aromatic amines is 1. The number of likely N-dealkylation sites (tertiary alicyclic amines) is 2. The normalized spacial score (nSPS) is 19.9. The predicted octanol–water partition coefficient (Wildman–Crippen LogP) is 9.48.